The van der Waals surface area contributed by atoms with E-state index in [4.69, 9.17) is 4.74 Å². The molecule has 102 valence electrons. The fourth-order valence-corrected chi connectivity index (χ4v) is 2.05. The lowest BCUT2D eigenvalue weighted by atomic mass is 10.3. The van der Waals surface area contributed by atoms with E-state index in [1.807, 2.05) is 0 Å². The number of rotatable bonds is 6. The summed E-state index contributed by atoms with van der Waals surface area (Å²) in [5.41, 5.74) is 0. The van der Waals surface area contributed by atoms with E-state index >= 15 is 0 Å². The van der Waals surface area contributed by atoms with Crippen molar-refractivity contribution >= 4 is 15.9 Å². The summed E-state index contributed by atoms with van der Waals surface area (Å²) >= 11 is 3.35. The van der Waals surface area contributed by atoms with Crippen LogP contribution in [0, 0.1) is 0 Å². The minimum atomic E-state index is -4.22. The molecule has 1 aliphatic rings. The minimum absolute atomic E-state index is 0.149. The summed E-state index contributed by atoms with van der Waals surface area (Å²) in [6.07, 6.45) is -3.43. The van der Waals surface area contributed by atoms with Crippen molar-refractivity contribution in [1.82, 2.24) is 4.90 Å². The van der Waals surface area contributed by atoms with E-state index in [1.54, 1.807) is 0 Å². The van der Waals surface area contributed by atoms with Crippen molar-refractivity contribution < 1.29 is 22.6 Å². The lowest BCUT2D eigenvalue weighted by molar-refractivity contribution is -0.174. The standard InChI is InChI=1S/C10H17BrF3NO2/c11-6-9-7-15(3-5-17-9)2-1-4-16-8-10(12,13)14/h9H,1-8H2. The van der Waals surface area contributed by atoms with Crippen molar-refractivity contribution in [2.45, 2.75) is 18.7 Å². The van der Waals surface area contributed by atoms with Crippen LogP contribution in [0.1, 0.15) is 6.42 Å². The van der Waals surface area contributed by atoms with Crippen LogP contribution in [0.5, 0.6) is 0 Å². The molecule has 1 saturated heterocycles. The molecule has 0 radical (unpaired) electrons. The minimum Gasteiger partial charge on any atom is -0.375 e. The molecular weight excluding hydrogens is 303 g/mol. The van der Waals surface area contributed by atoms with Crippen molar-refractivity contribution in [3.05, 3.63) is 0 Å². The number of nitrogens with zero attached hydrogens (tertiary/aromatic N) is 1. The Morgan fingerprint density at radius 2 is 2.18 bits per heavy atom. The van der Waals surface area contributed by atoms with Crippen molar-refractivity contribution in [3.63, 3.8) is 0 Å². The molecule has 7 heteroatoms. The molecule has 0 aromatic carbocycles. The summed E-state index contributed by atoms with van der Waals surface area (Å²) in [4.78, 5) is 2.19. The number of alkyl halides is 4. The lowest BCUT2D eigenvalue weighted by Gasteiger charge is -2.31. The first-order valence-corrected chi connectivity index (χ1v) is 6.68. The highest BCUT2D eigenvalue weighted by atomic mass is 79.9. The van der Waals surface area contributed by atoms with Gasteiger partial charge in [-0.25, -0.2) is 0 Å². The van der Waals surface area contributed by atoms with Crippen LogP contribution in [0.3, 0.4) is 0 Å². The van der Waals surface area contributed by atoms with Gasteiger partial charge in [-0.15, -0.1) is 0 Å². The molecule has 0 N–H and O–H groups in total. The zero-order valence-corrected chi connectivity index (χ0v) is 11.1. The first-order chi connectivity index (χ1) is 8.01. The molecule has 0 amide bonds. The Hall–Kier alpha value is 0.150. The second kappa shape index (κ2) is 7.56. The van der Waals surface area contributed by atoms with Gasteiger partial charge in [-0.2, -0.15) is 13.2 Å². The molecule has 17 heavy (non-hydrogen) atoms. The SMILES string of the molecule is FC(F)(F)COCCCN1CCOC(CBr)C1. The highest BCUT2D eigenvalue weighted by Gasteiger charge is 2.27. The lowest BCUT2D eigenvalue weighted by Crippen LogP contribution is -2.43. The average Bonchev–Trinajstić information content (AvgIpc) is 2.27. The molecule has 0 bridgehead atoms. The predicted molar refractivity (Wildman–Crippen MR) is 61.5 cm³/mol. The molecule has 3 nitrogen and oxygen atoms in total. The summed E-state index contributed by atoms with van der Waals surface area (Å²) in [6, 6.07) is 0. The van der Waals surface area contributed by atoms with Gasteiger partial charge in [0.05, 0.1) is 12.7 Å². The third-order valence-electron chi connectivity index (χ3n) is 2.42. The Morgan fingerprint density at radius 3 is 2.82 bits per heavy atom. The summed E-state index contributed by atoms with van der Waals surface area (Å²) in [6.45, 7) is 2.09. The van der Waals surface area contributed by atoms with Gasteiger partial charge in [0.15, 0.2) is 0 Å². The number of hydrogen-bond acceptors (Lipinski definition) is 3. The predicted octanol–water partition coefficient (Wildman–Crippen LogP) is 2.05. The largest absolute Gasteiger partial charge is 0.411 e. The molecule has 1 rings (SSSR count). The molecule has 1 unspecified atom stereocenters. The van der Waals surface area contributed by atoms with Crippen LogP contribution in [-0.2, 0) is 9.47 Å². The van der Waals surface area contributed by atoms with Crippen LogP contribution in [0.15, 0.2) is 0 Å². The van der Waals surface area contributed by atoms with Gasteiger partial charge < -0.3 is 9.47 Å². The highest BCUT2D eigenvalue weighted by Crippen LogP contribution is 2.14. The Kier molecular flexibility index (Phi) is 6.76. The first kappa shape index (κ1) is 15.2. The van der Waals surface area contributed by atoms with Crippen LogP contribution < -0.4 is 0 Å². The van der Waals surface area contributed by atoms with Gasteiger partial charge in [0, 0.05) is 31.6 Å². The van der Waals surface area contributed by atoms with Gasteiger partial charge >= 0.3 is 6.18 Å². The van der Waals surface area contributed by atoms with Crippen molar-refractivity contribution in [3.8, 4) is 0 Å². The van der Waals surface area contributed by atoms with E-state index in [1.165, 1.54) is 0 Å². The molecule has 1 aliphatic heterocycles. The number of halogens is 4. The second-order valence-corrected chi connectivity index (χ2v) is 4.62. The van der Waals surface area contributed by atoms with Crippen molar-refractivity contribution in [2.24, 2.45) is 0 Å². The van der Waals surface area contributed by atoms with Crippen molar-refractivity contribution in [2.75, 3.05) is 44.8 Å². The molecule has 0 saturated carbocycles. The maximum absolute atomic E-state index is 11.8. The zero-order chi connectivity index (χ0) is 12.7. The maximum atomic E-state index is 11.8. The van der Waals surface area contributed by atoms with Gasteiger partial charge in [-0.1, -0.05) is 15.9 Å². The Bertz CT molecular complexity index is 216. The summed E-state index contributed by atoms with van der Waals surface area (Å²) in [5, 5.41) is 0.786. The number of morpholine rings is 1. The Labute approximate surface area is 107 Å². The maximum Gasteiger partial charge on any atom is 0.411 e. The van der Waals surface area contributed by atoms with Gasteiger partial charge in [0.25, 0.3) is 0 Å². The topological polar surface area (TPSA) is 21.7 Å². The molecule has 1 fully saturated rings. The highest BCUT2D eigenvalue weighted by molar-refractivity contribution is 9.09. The van der Waals surface area contributed by atoms with Crippen LogP contribution in [0.2, 0.25) is 0 Å². The number of hydrogen-bond donors (Lipinski definition) is 0. The molecule has 0 aromatic heterocycles. The Balaban J connectivity index is 2.02. The quantitative estimate of drug-likeness (QED) is 0.552. The molecule has 0 spiro atoms. The first-order valence-electron chi connectivity index (χ1n) is 5.55. The van der Waals surface area contributed by atoms with Crippen molar-refractivity contribution in [1.29, 1.82) is 0 Å². The van der Waals surface area contributed by atoms with Gasteiger partial charge in [0.1, 0.15) is 6.61 Å². The van der Waals surface area contributed by atoms with Gasteiger partial charge in [-0.3, -0.25) is 4.90 Å². The molecule has 1 atom stereocenters. The smallest absolute Gasteiger partial charge is 0.375 e. The van der Waals surface area contributed by atoms with E-state index in [9.17, 15) is 13.2 Å². The monoisotopic (exact) mass is 319 g/mol. The fourth-order valence-electron chi connectivity index (χ4n) is 1.65. The third kappa shape index (κ3) is 7.23. The van der Waals surface area contributed by atoms with Crippen LogP contribution in [-0.4, -0.2) is 62.0 Å². The van der Waals surface area contributed by atoms with Gasteiger partial charge in [0.2, 0.25) is 0 Å². The number of ether oxygens (including phenoxy) is 2. The zero-order valence-electron chi connectivity index (χ0n) is 9.51. The van der Waals surface area contributed by atoms with Gasteiger partial charge in [-0.05, 0) is 6.42 Å². The normalized spacial score (nSPS) is 22.9. The molecule has 0 aliphatic carbocycles. The Morgan fingerprint density at radius 1 is 1.41 bits per heavy atom. The van der Waals surface area contributed by atoms with E-state index in [-0.39, 0.29) is 12.7 Å². The summed E-state index contributed by atoms with van der Waals surface area (Å²) in [7, 11) is 0. The van der Waals surface area contributed by atoms with Crippen LogP contribution >= 0.6 is 15.9 Å². The average molecular weight is 320 g/mol. The van der Waals surface area contributed by atoms with Crippen LogP contribution in [0.4, 0.5) is 13.2 Å². The van der Waals surface area contributed by atoms with E-state index in [0.29, 0.717) is 13.0 Å². The van der Waals surface area contributed by atoms with E-state index in [2.05, 4.69) is 25.6 Å². The summed E-state index contributed by atoms with van der Waals surface area (Å²) < 4.78 is 45.3. The van der Waals surface area contributed by atoms with Crippen LogP contribution in [0.25, 0.3) is 0 Å². The second-order valence-electron chi connectivity index (χ2n) is 3.97. The molecule has 1 heterocycles. The third-order valence-corrected chi connectivity index (χ3v) is 3.15. The van der Waals surface area contributed by atoms with E-state index in [0.717, 1.165) is 25.0 Å². The van der Waals surface area contributed by atoms with E-state index < -0.39 is 12.8 Å². The fraction of sp³-hybridized carbons (Fsp3) is 1.00. The molecular formula is C10H17BrF3NO2. The molecule has 0 aromatic rings. The summed E-state index contributed by atoms with van der Waals surface area (Å²) in [5.74, 6) is 0.